The molecule has 2 rings (SSSR count). The average Bonchev–Trinajstić information content (AvgIpc) is 2.75. The second kappa shape index (κ2) is 9.94. The van der Waals surface area contributed by atoms with Gasteiger partial charge >= 0.3 is 12.1 Å². The van der Waals surface area contributed by atoms with Gasteiger partial charge in [-0.3, -0.25) is 4.79 Å². The zero-order valence-electron chi connectivity index (χ0n) is 17.3. The van der Waals surface area contributed by atoms with E-state index < -0.39 is 30.2 Å². The highest BCUT2D eigenvalue weighted by Gasteiger charge is 2.38. The summed E-state index contributed by atoms with van der Waals surface area (Å²) in [5.41, 5.74) is -1.35. The normalized spacial score (nSPS) is 14.9. The molecule has 1 aliphatic rings. The van der Waals surface area contributed by atoms with Gasteiger partial charge in [-0.25, -0.2) is 14.8 Å². The molecular weight excluding hydrogens is 405 g/mol. The summed E-state index contributed by atoms with van der Waals surface area (Å²) in [7, 11) is 1.23. The Balaban J connectivity index is 2.33. The number of ether oxygens (including phenoxy) is 2. The first kappa shape index (κ1) is 23.7. The maximum absolute atomic E-state index is 12.8. The fourth-order valence-electron chi connectivity index (χ4n) is 3.28. The molecule has 30 heavy (non-hydrogen) atoms. The van der Waals surface area contributed by atoms with Crippen molar-refractivity contribution in [2.75, 3.05) is 31.7 Å². The molecule has 2 heterocycles. The maximum Gasteiger partial charge on any atom is 0.422 e. The number of piperidine rings is 1. The standard InChI is InChI=1S/C19H27F3N4O4/c1-4-18(5-2,17(28)29-3)25-15(27)13-11-23-16(30-12-19(20,21)22)14(24-13)26-9-7-6-8-10-26/h11H,4-10,12H2,1-3H3,(H,25,27). The third kappa shape index (κ3) is 5.73. The van der Waals surface area contributed by atoms with Crippen molar-refractivity contribution in [2.24, 2.45) is 0 Å². The van der Waals surface area contributed by atoms with Crippen molar-refractivity contribution in [1.82, 2.24) is 15.3 Å². The molecule has 1 N–H and O–H groups in total. The number of nitrogens with zero attached hydrogens (tertiary/aromatic N) is 3. The van der Waals surface area contributed by atoms with Crippen LogP contribution in [0.4, 0.5) is 19.0 Å². The minimum Gasteiger partial charge on any atom is -0.467 e. The summed E-state index contributed by atoms with van der Waals surface area (Å²) in [6.45, 7) is 3.10. The largest absolute Gasteiger partial charge is 0.467 e. The van der Waals surface area contributed by atoms with Crippen molar-refractivity contribution in [3.05, 3.63) is 11.9 Å². The predicted octanol–water partition coefficient (Wildman–Crippen LogP) is 2.87. The molecule has 1 saturated heterocycles. The lowest BCUT2D eigenvalue weighted by molar-refractivity contribution is -0.154. The van der Waals surface area contributed by atoms with Crippen LogP contribution in [-0.2, 0) is 9.53 Å². The van der Waals surface area contributed by atoms with Gasteiger partial charge < -0.3 is 19.7 Å². The summed E-state index contributed by atoms with van der Waals surface area (Å²) in [5, 5.41) is 2.65. The van der Waals surface area contributed by atoms with Crippen LogP contribution in [0.5, 0.6) is 5.88 Å². The Kier molecular flexibility index (Phi) is 7.85. The molecule has 1 aromatic heterocycles. The molecule has 1 amide bonds. The van der Waals surface area contributed by atoms with Crippen LogP contribution in [-0.4, -0.2) is 60.4 Å². The number of nitrogens with one attached hydrogen (secondary N) is 1. The Labute approximate surface area is 173 Å². The van der Waals surface area contributed by atoms with E-state index in [0.717, 1.165) is 25.5 Å². The lowest BCUT2D eigenvalue weighted by Gasteiger charge is -2.30. The minimum atomic E-state index is -4.53. The van der Waals surface area contributed by atoms with E-state index in [1.165, 1.54) is 7.11 Å². The van der Waals surface area contributed by atoms with Crippen LogP contribution in [0, 0.1) is 0 Å². The summed E-state index contributed by atoms with van der Waals surface area (Å²) in [6.07, 6.45) is -0.220. The van der Waals surface area contributed by atoms with Crippen LogP contribution >= 0.6 is 0 Å². The highest BCUT2D eigenvalue weighted by atomic mass is 19.4. The van der Waals surface area contributed by atoms with Gasteiger partial charge in [-0.05, 0) is 32.1 Å². The topological polar surface area (TPSA) is 93.6 Å². The molecule has 1 aliphatic heterocycles. The van der Waals surface area contributed by atoms with Gasteiger partial charge in [0.05, 0.1) is 13.3 Å². The van der Waals surface area contributed by atoms with Crippen LogP contribution in [0.15, 0.2) is 6.20 Å². The summed E-state index contributed by atoms with van der Waals surface area (Å²) in [5.74, 6) is -1.45. The molecule has 11 heteroatoms. The van der Waals surface area contributed by atoms with Crippen molar-refractivity contribution in [3.63, 3.8) is 0 Å². The first-order valence-electron chi connectivity index (χ1n) is 9.88. The number of aromatic nitrogens is 2. The van der Waals surface area contributed by atoms with Crippen molar-refractivity contribution in [2.45, 2.75) is 57.7 Å². The molecule has 8 nitrogen and oxygen atoms in total. The Bertz CT molecular complexity index is 748. The van der Waals surface area contributed by atoms with Gasteiger partial charge in [0.1, 0.15) is 11.2 Å². The Morgan fingerprint density at radius 3 is 2.33 bits per heavy atom. The van der Waals surface area contributed by atoms with Gasteiger partial charge in [-0.15, -0.1) is 0 Å². The van der Waals surface area contributed by atoms with E-state index in [-0.39, 0.29) is 17.4 Å². The molecule has 0 bridgehead atoms. The second-order valence-corrected chi connectivity index (χ2v) is 7.07. The SMILES string of the molecule is CCC(CC)(NC(=O)c1cnc(OCC(F)(F)F)c(N2CCCCC2)n1)C(=O)OC. The van der Waals surface area contributed by atoms with Crippen molar-refractivity contribution in [3.8, 4) is 5.88 Å². The number of amides is 1. The van der Waals surface area contributed by atoms with E-state index in [9.17, 15) is 22.8 Å². The van der Waals surface area contributed by atoms with E-state index in [4.69, 9.17) is 9.47 Å². The molecular formula is C19H27F3N4O4. The molecule has 1 fully saturated rings. The molecule has 0 atom stereocenters. The lowest BCUT2D eigenvalue weighted by Crippen LogP contribution is -2.54. The average molecular weight is 432 g/mol. The highest BCUT2D eigenvalue weighted by molar-refractivity contribution is 5.97. The van der Waals surface area contributed by atoms with Crippen LogP contribution < -0.4 is 15.0 Å². The lowest BCUT2D eigenvalue weighted by atomic mass is 9.92. The van der Waals surface area contributed by atoms with Gasteiger partial charge in [-0.1, -0.05) is 13.8 Å². The van der Waals surface area contributed by atoms with Crippen LogP contribution in [0.1, 0.15) is 56.4 Å². The zero-order valence-corrected chi connectivity index (χ0v) is 17.3. The number of halogens is 3. The maximum atomic E-state index is 12.8. The highest BCUT2D eigenvalue weighted by Crippen LogP contribution is 2.28. The van der Waals surface area contributed by atoms with E-state index in [2.05, 4.69) is 15.3 Å². The number of alkyl halides is 3. The fourth-order valence-corrected chi connectivity index (χ4v) is 3.28. The van der Waals surface area contributed by atoms with Crippen molar-refractivity contribution in [1.29, 1.82) is 0 Å². The van der Waals surface area contributed by atoms with E-state index >= 15 is 0 Å². The number of esters is 1. The third-order valence-electron chi connectivity index (χ3n) is 5.12. The number of carbonyl (C=O) groups is 2. The molecule has 0 saturated carbocycles. The number of carbonyl (C=O) groups excluding carboxylic acids is 2. The predicted molar refractivity (Wildman–Crippen MR) is 102 cm³/mol. The fraction of sp³-hybridized carbons (Fsp3) is 0.684. The van der Waals surface area contributed by atoms with Crippen LogP contribution in [0.25, 0.3) is 0 Å². The summed E-state index contributed by atoms with van der Waals surface area (Å²) in [4.78, 5) is 34.9. The van der Waals surface area contributed by atoms with Crippen LogP contribution in [0.2, 0.25) is 0 Å². The molecule has 0 aromatic carbocycles. The van der Waals surface area contributed by atoms with Crippen LogP contribution in [0.3, 0.4) is 0 Å². The number of hydrogen-bond donors (Lipinski definition) is 1. The first-order valence-corrected chi connectivity index (χ1v) is 9.88. The second-order valence-electron chi connectivity index (χ2n) is 7.07. The summed E-state index contributed by atoms with van der Waals surface area (Å²) in [6, 6.07) is 0. The van der Waals surface area contributed by atoms with Gasteiger partial charge in [0.15, 0.2) is 12.4 Å². The third-order valence-corrected chi connectivity index (χ3v) is 5.12. The Hall–Kier alpha value is -2.59. The molecule has 1 aromatic rings. The quantitative estimate of drug-likeness (QED) is 0.632. The molecule has 168 valence electrons. The first-order chi connectivity index (χ1) is 14.2. The van der Waals surface area contributed by atoms with Crippen molar-refractivity contribution >= 4 is 17.7 Å². The summed E-state index contributed by atoms with van der Waals surface area (Å²) >= 11 is 0. The molecule has 0 spiro atoms. The van der Waals surface area contributed by atoms with Gasteiger partial charge in [0.25, 0.3) is 11.8 Å². The smallest absolute Gasteiger partial charge is 0.422 e. The number of methoxy groups -OCH3 is 1. The Morgan fingerprint density at radius 1 is 1.17 bits per heavy atom. The zero-order chi connectivity index (χ0) is 22.4. The van der Waals surface area contributed by atoms with Gasteiger partial charge in [-0.2, -0.15) is 13.2 Å². The minimum absolute atomic E-state index is 0.0864. The molecule has 0 aliphatic carbocycles. The number of hydrogen-bond acceptors (Lipinski definition) is 7. The molecule has 0 unspecified atom stereocenters. The van der Waals surface area contributed by atoms with Crippen molar-refractivity contribution < 1.29 is 32.2 Å². The van der Waals surface area contributed by atoms with E-state index in [1.807, 2.05) is 0 Å². The Morgan fingerprint density at radius 2 is 1.80 bits per heavy atom. The monoisotopic (exact) mass is 432 g/mol. The van der Waals surface area contributed by atoms with E-state index in [0.29, 0.717) is 25.9 Å². The van der Waals surface area contributed by atoms with Gasteiger partial charge in [0, 0.05) is 13.1 Å². The van der Waals surface area contributed by atoms with Gasteiger partial charge in [0.2, 0.25) is 0 Å². The summed E-state index contributed by atoms with van der Waals surface area (Å²) < 4.78 is 47.5. The number of anilines is 1. The van der Waals surface area contributed by atoms with E-state index in [1.54, 1.807) is 18.7 Å². The number of rotatable bonds is 8. The molecule has 0 radical (unpaired) electrons.